The normalized spacial score (nSPS) is 21.6. The van der Waals surface area contributed by atoms with Crippen LogP contribution in [0.1, 0.15) is 29.7 Å². The maximum absolute atomic E-state index is 13.1. The average molecular weight is 410 g/mol. The van der Waals surface area contributed by atoms with Crippen LogP contribution in [0.15, 0.2) is 59.1 Å². The number of halogens is 1. The number of aliphatic hydroxyl groups is 1. The molecule has 0 spiro atoms. The van der Waals surface area contributed by atoms with Gasteiger partial charge in [-0.3, -0.25) is 0 Å². The summed E-state index contributed by atoms with van der Waals surface area (Å²) in [5.41, 5.74) is 4.02. The highest BCUT2D eigenvalue weighted by atomic mass is 19.1. The lowest BCUT2D eigenvalue weighted by molar-refractivity contribution is -0.115. The molecule has 0 amide bonds. The van der Waals surface area contributed by atoms with E-state index in [1.165, 1.54) is 23.3 Å². The number of nitrogens with one attached hydrogen (secondary N) is 1. The van der Waals surface area contributed by atoms with Crippen molar-refractivity contribution in [3.63, 3.8) is 0 Å². The van der Waals surface area contributed by atoms with Gasteiger partial charge in [-0.1, -0.05) is 35.0 Å². The van der Waals surface area contributed by atoms with E-state index in [4.69, 9.17) is 9.26 Å². The van der Waals surface area contributed by atoms with E-state index in [1.54, 1.807) is 12.1 Å². The molecule has 3 atom stereocenters. The van der Waals surface area contributed by atoms with Crippen LogP contribution in [0.5, 0.6) is 0 Å². The zero-order valence-electron chi connectivity index (χ0n) is 17.1. The molecule has 1 aliphatic rings. The first kappa shape index (κ1) is 20.7. The van der Waals surface area contributed by atoms with Crippen molar-refractivity contribution in [1.29, 1.82) is 0 Å². The molecule has 1 aliphatic heterocycles. The van der Waals surface area contributed by atoms with Crippen molar-refractivity contribution in [3.05, 3.63) is 77.2 Å². The number of aliphatic hydroxyl groups excluding tert-OH is 1. The van der Waals surface area contributed by atoms with Crippen molar-refractivity contribution in [3.8, 4) is 11.3 Å². The predicted octanol–water partition coefficient (Wildman–Crippen LogP) is 4.03. The van der Waals surface area contributed by atoms with E-state index < -0.39 is 6.10 Å². The molecule has 0 saturated carbocycles. The lowest BCUT2D eigenvalue weighted by Gasteiger charge is -2.34. The summed E-state index contributed by atoms with van der Waals surface area (Å²) in [6, 6.07) is 16.4. The molecule has 0 bridgehead atoms. The fourth-order valence-electron chi connectivity index (χ4n) is 3.74. The van der Waals surface area contributed by atoms with Gasteiger partial charge >= 0.3 is 0 Å². The number of rotatable bonds is 7. The van der Waals surface area contributed by atoms with Crippen LogP contribution < -0.4 is 5.32 Å². The standard InChI is InChI=1S/C24H27FN2O3/c1-16-2-4-17(5-3-16)14-26-15-24-22(28)11-10-21(29-24)12-20-13-23(30-27-20)18-6-8-19(25)9-7-18/h2-9,13,21-22,24,26,28H,10-12,14-15H2,1H3/t21-,22-,24+/m0/s1. The first-order chi connectivity index (χ1) is 14.6. The molecule has 1 aromatic heterocycles. The predicted molar refractivity (Wildman–Crippen MR) is 112 cm³/mol. The van der Waals surface area contributed by atoms with Gasteiger partial charge in [0.25, 0.3) is 0 Å². The molecule has 0 aliphatic carbocycles. The van der Waals surface area contributed by atoms with Gasteiger partial charge in [0, 0.05) is 31.1 Å². The van der Waals surface area contributed by atoms with Gasteiger partial charge < -0.3 is 19.7 Å². The van der Waals surface area contributed by atoms with Crippen LogP contribution in [-0.2, 0) is 17.7 Å². The second-order valence-electron chi connectivity index (χ2n) is 7.95. The van der Waals surface area contributed by atoms with Crippen LogP contribution in [0, 0.1) is 12.7 Å². The molecule has 2 aromatic carbocycles. The molecule has 158 valence electrons. The number of hydrogen-bond donors (Lipinski definition) is 2. The van der Waals surface area contributed by atoms with Crippen molar-refractivity contribution < 1.29 is 18.8 Å². The van der Waals surface area contributed by atoms with Crippen molar-refractivity contribution in [1.82, 2.24) is 10.5 Å². The Morgan fingerprint density at radius 1 is 1.10 bits per heavy atom. The minimum Gasteiger partial charge on any atom is -0.390 e. The second kappa shape index (κ2) is 9.51. The Morgan fingerprint density at radius 2 is 1.87 bits per heavy atom. The Bertz CT molecular complexity index is 940. The van der Waals surface area contributed by atoms with E-state index >= 15 is 0 Å². The lowest BCUT2D eigenvalue weighted by Crippen LogP contribution is -2.45. The molecule has 6 heteroatoms. The average Bonchev–Trinajstić information content (AvgIpc) is 3.21. The van der Waals surface area contributed by atoms with Crippen molar-refractivity contribution in [2.75, 3.05) is 6.54 Å². The van der Waals surface area contributed by atoms with Gasteiger partial charge in [-0.05, 0) is 49.6 Å². The molecule has 0 radical (unpaired) electrons. The minimum atomic E-state index is -0.473. The third-order valence-electron chi connectivity index (χ3n) is 5.50. The number of hydrogen-bond acceptors (Lipinski definition) is 5. The van der Waals surface area contributed by atoms with Crippen molar-refractivity contribution in [2.24, 2.45) is 0 Å². The van der Waals surface area contributed by atoms with Gasteiger partial charge in [0.05, 0.1) is 24.0 Å². The second-order valence-corrected chi connectivity index (χ2v) is 7.95. The number of benzene rings is 2. The summed E-state index contributed by atoms with van der Waals surface area (Å²) in [5, 5.41) is 17.9. The maximum atomic E-state index is 13.1. The fraction of sp³-hybridized carbons (Fsp3) is 0.375. The minimum absolute atomic E-state index is 0.0225. The quantitative estimate of drug-likeness (QED) is 0.616. The molecule has 5 nitrogen and oxygen atoms in total. The van der Waals surface area contributed by atoms with Crippen LogP contribution in [-0.4, -0.2) is 35.1 Å². The molecule has 0 unspecified atom stereocenters. The maximum Gasteiger partial charge on any atom is 0.167 e. The van der Waals surface area contributed by atoms with Gasteiger partial charge in [0.1, 0.15) is 5.82 Å². The molecular formula is C24H27FN2O3. The Balaban J connectivity index is 1.30. The Morgan fingerprint density at radius 3 is 2.63 bits per heavy atom. The van der Waals surface area contributed by atoms with Gasteiger partial charge in [-0.15, -0.1) is 0 Å². The third-order valence-corrected chi connectivity index (χ3v) is 5.50. The van der Waals surface area contributed by atoms with Crippen LogP contribution in [0.4, 0.5) is 4.39 Å². The van der Waals surface area contributed by atoms with E-state index in [-0.39, 0.29) is 18.0 Å². The first-order valence-electron chi connectivity index (χ1n) is 10.4. The summed E-state index contributed by atoms with van der Waals surface area (Å²) in [5.74, 6) is 0.326. The van der Waals surface area contributed by atoms with Crippen LogP contribution >= 0.6 is 0 Å². The topological polar surface area (TPSA) is 67.5 Å². The molecule has 30 heavy (non-hydrogen) atoms. The van der Waals surface area contributed by atoms with Gasteiger partial charge in [0.2, 0.25) is 0 Å². The zero-order chi connectivity index (χ0) is 20.9. The number of nitrogens with zero attached hydrogens (tertiary/aromatic N) is 1. The fourth-order valence-corrected chi connectivity index (χ4v) is 3.74. The summed E-state index contributed by atoms with van der Waals surface area (Å²) in [7, 11) is 0. The highest BCUT2D eigenvalue weighted by Gasteiger charge is 2.30. The molecule has 2 heterocycles. The largest absolute Gasteiger partial charge is 0.390 e. The van der Waals surface area contributed by atoms with Crippen molar-refractivity contribution in [2.45, 2.75) is 51.0 Å². The smallest absolute Gasteiger partial charge is 0.167 e. The highest BCUT2D eigenvalue weighted by Crippen LogP contribution is 2.25. The monoisotopic (exact) mass is 410 g/mol. The molecule has 2 N–H and O–H groups in total. The van der Waals surface area contributed by atoms with Crippen LogP contribution in [0.2, 0.25) is 0 Å². The zero-order valence-corrected chi connectivity index (χ0v) is 17.1. The number of aromatic nitrogens is 1. The van der Waals surface area contributed by atoms with Gasteiger partial charge in [-0.25, -0.2) is 4.39 Å². The Kier molecular flexibility index (Phi) is 6.57. The summed E-state index contributed by atoms with van der Waals surface area (Å²) in [4.78, 5) is 0. The van der Waals surface area contributed by atoms with Gasteiger partial charge in [-0.2, -0.15) is 0 Å². The van der Waals surface area contributed by atoms with Gasteiger partial charge in [0.15, 0.2) is 5.76 Å². The van der Waals surface area contributed by atoms with E-state index in [0.717, 1.165) is 24.2 Å². The van der Waals surface area contributed by atoms with Crippen LogP contribution in [0.25, 0.3) is 11.3 Å². The summed E-state index contributed by atoms with van der Waals surface area (Å²) in [6.45, 7) is 3.40. The van der Waals surface area contributed by atoms with Crippen LogP contribution in [0.3, 0.4) is 0 Å². The SMILES string of the molecule is Cc1ccc(CNC[C@H]2O[C@H](Cc3cc(-c4ccc(F)cc4)on3)CC[C@@H]2O)cc1. The summed E-state index contributed by atoms with van der Waals surface area (Å²) >= 11 is 0. The molecule has 3 aromatic rings. The number of ether oxygens (including phenoxy) is 1. The molecule has 1 fully saturated rings. The van der Waals surface area contributed by atoms with E-state index in [9.17, 15) is 9.50 Å². The third kappa shape index (κ3) is 5.33. The first-order valence-corrected chi connectivity index (χ1v) is 10.4. The molecular weight excluding hydrogens is 383 g/mol. The molecule has 4 rings (SSSR count). The van der Waals surface area contributed by atoms with Crippen molar-refractivity contribution >= 4 is 0 Å². The highest BCUT2D eigenvalue weighted by molar-refractivity contribution is 5.57. The summed E-state index contributed by atoms with van der Waals surface area (Å²) in [6.07, 6.45) is 1.34. The Hall–Kier alpha value is -2.54. The Labute approximate surface area is 175 Å². The molecule has 1 saturated heterocycles. The number of aryl methyl sites for hydroxylation is 1. The lowest BCUT2D eigenvalue weighted by atomic mass is 9.98. The summed E-state index contributed by atoms with van der Waals surface area (Å²) < 4.78 is 24.7. The van der Waals surface area contributed by atoms with E-state index in [1.807, 2.05) is 6.07 Å². The van der Waals surface area contributed by atoms with E-state index in [2.05, 4.69) is 41.7 Å². The van der Waals surface area contributed by atoms with E-state index in [0.29, 0.717) is 25.1 Å².